The van der Waals surface area contributed by atoms with E-state index in [9.17, 15) is 4.79 Å². The van der Waals surface area contributed by atoms with Crippen LogP contribution in [0.5, 0.6) is 5.75 Å². The predicted octanol–water partition coefficient (Wildman–Crippen LogP) is 3.61. The first kappa shape index (κ1) is 14.4. The SMILES string of the molecule is COc1cc(SC)ccc1C(=O)Nc1nc2c(s1)CCC2. The second-order valence-electron chi connectivity index (χ2n) is 4.76. The molecule has 3 rings (SSSR count). The molecule has 6 heteroatoms. The Labute approximate surface area is 131 Å². The predicted molar refractivity (Wildman–Crippen MR) is 86.9 cm³/mol. The Hall–Kier alpha value is -1.53. The van der Waals surface area contributed by atoms with E-state index in [1.165, 1.54) is 11.3 Å². The number of thiazole rings is 1. The second kappa shape index (κ2) is 6.07. The fourth-order valence-corrected chi connectivity index (χ4v) is 3.87. The standard InChI is InChI=1S/C15H16N2O2S2/c1-19-12-8-9(20-2)6-7-10(12)14(18)17-15-16-11-4-3-5-13(11)21-15/h6-8H,3-5H2,1-2H3,(H,16,17,18). The van der Waals surface area contributed by atoms with Gasteiger partial charge >= 0.3 is 0 Å². The van der Waals surface area contributed by atoms with Crippen LogP contribution in [0.4, 0.5) is 5.13 Å². The molecule has 1 amide bonds. The third-order valence-electron chi connectivity index (χ3n) is 3.47. The Morgan fingerprint density at radius 1 is 1.43 bits per heavy atom. The number of ether oxygens (including phenoxy) is 1. The van der Waals surface area contributed by atoms with Gasteiger partial charge in [-0.05, 0) is 43.7 Å². The summed E-state index contributed by atoms with van der Waals surface area (Å²) in [5, 5.41) is 3.56. The van der Waals surface area contributed by atoms with Crippen LogP contribution in [0.3, 0.4) is 0 Å². The van der Waals surface area contributed by atoms with E-state index in [1.807, 2.05) is 18.4 Å². The summed E-state index contributed by atoms with van der Waals surface area (Å²) >= 11 is 3.19. The maximum absolute atomic E-state index is 12.4. The molecule has 1 N–H and O–H groups in total. The summed E-state index contributed by atoms with van der Waals surface area (Å²) in [6.45, 7) is 0. The number of carbonyl (C=O) groups excluding carboxylic acids is 1. The number of nitrogens with one attached hydrogen (secondary N) is 1. The average molecular weight is 320 g/mol. The van der Waals surface area contributed by atoms with Gasteiger partial charge in [-0.15, -0.1) is 23.1 Å². The van der Waals surface area contributed by atoms with Crippen LogP contribution in [0.1, 0.15) is 27.3 Å². The first-order valence-electron chi connectivity index (χ1n) is 6.73. The fourth-order valence-electron chi connectivity index (χ4n) is 2.39. The lowest BCUT2D eigenvalue weighted by molar-refractivity contribution is 0.102. The van der Waals surface area contributed by atoms with Gasteiger partial charge in [0.15, 0.2) is 5.13 Å². The molecular weight excluding hydrogens is 304 g/mol. The quantitative estimate of drug-likeness (QED) is 0.874. The molecule has 0 aliphatic heterocycles. The van der Waals surface area contributed by atoms with Crippen LogP contribution in [0.15, 0.2) is 23.1 Å². The zero-order chi connectivity index (χ0) is 14.8. The maximum Gasteiger partial charge on any atom is 0.261 e. The zero-order valence-corrected chi connectivity index (χ0v) is 13.6. The van der Waals surface area contributed by atoms with E-state index in [-0.39, 0.29) is 5.91 Å². The van der Waals surface area contributed by atoms with E-state index in [0.29, 0.717) is 16.4 Å². The number of fused-ring (bicyclic) bond motifs is 1. The van der Waals surface area contributed by atoms with Gasteiger partial charge in [0.05, 0.1) is 18.4 Å². The summed E-state index contributed by atoms with van der Waals surface area (Å²) in [6, 6.07) is 5.59. The molecule has 0 unspecified atom stereocenters. The Kier molecular flexibility index (Phi) is 4.17. The van der Waals surface area contributed by atoms with Gasteiger partial charge in [-0.25, -0.2) is 4.98 Å². The van der Waals surface area contributed by atoms with Crippen LogP contribution < -0.4 is 10.1 Å². The summed E-state index contributed by atoms with van der Waals surface area (Å²) in [5.41, 5.74) is 1.67. The van der Waals surface area contributed by atoms with Crippen LogP contribution >= 0.6 is 23.1 Å². The van der Waals surface area contributed by atoms with Gasteiger partial charge in [-0.2, -0.15) is 0 Å². The van der Waals surface area contributed by atoms with Gasteiger partial charge in [-0.3, -0.25) is 10.1 Å². The third-order valence-corrected chi connectivity index (χ3v) is 5.27. The Morgan fingerprint density at radius 3 is 3.00 bits per heavy atom. The van der Waals surface area contributed by atoms with Gasteiger partial charge < -0.3 is 4.74 Å². The number of aryl methyl sites for hydroxylation is 2. The molecule has 0 fully saturated rings. The number of aromatic nitrogens is 1. The Morgan fingerprint density at radius 2 is 2.29 bits per heavy atom. The summed E-state index contributed by atoms with van der Waals surface area (Å²) in [5.74, 6) is 0.412. The Bertz CT molecular complexity index is 661. The minimum atomic E-state index is -0.174. The molecule has 2 aromatic rings. The topological polar surface area (TPSA) is 51.2 Å². The highest BCUT2D eigenvalue weighted by molar-refractivity contribution is 7.98. The van der Waals surface area contributed by atoms with Crippen molar-refractivity contribution in [3.63, 3.8) is 0 Å². The first-order chi connectivity index (χ1) is 10.2. The minimum absolute atomic E-state index is 0.174. The van der Waals surface area contributed by atoms with Crippen molar-refractivity contribution >= 4 is 34.1 Å². The summed E-state index contributed by atoms with van der Waals surface area (Å²) in [6.07, 6.45) is 5.26. The van der Waals surface area contributed by atoms with Gasteiger partial charge in [-0.1, -0.05) is 0 Å². The molecule has 4 nitrogen and oxygen atoms in total. The van der Waals surface area contributed by atoms with Gasteiger partial charge in [0.1, 0.15) is 5.75 Å². The molecule has 110 valence electrons. The molecule has 0 radical (unpaired) electrons. The fraction of sp³-hybridized carbons (Fsp3) is 0.333. The van der Waals surface area contributed by atoms with E-state index < -0.39 is 0 Å². The van der Waals surface area contributed by atoms with Crippen molar-refractivity contribution in [3.05, 3.63) is 34.3 Å². The molecule has 1 aromatic carbocycles. The van der Waals surface area contributed by atoms with Crippen LogP contribution in [0.2, 0.25) is 0 Å². The van der Waals surface area contributed by atoms with Gasteiger partial charge in [0.2, 0.25) is 0 Å². The molecule has 1 aromatic heterocycles. The highest BCUT2D eigenvalue weighted by Crippen LogP contribution is 2.31. The van der Waals surface area contributed by atoms with Crippen LogP contribution in [0.25, 0.3) is 0 Å². The monoisotopic (exact) mass is 320 g/mol. The number of rotatable bonds is 4. The highest BCUT2D eigenvalue weighted by atomic mass is 32.2. The molecule has 0 saturated heterocycles. The molecule has 21 heavy (non-hydrogen) atoms. The number of amides is 1. The summed E-state index contributed by atoms with van der Waals surface area (Å²) < 4.78 is 5.32. The molecule has 0 saturated carbocycles. The number of methoxy groups -OCH3 is 1. The van der Waals surface area contributed by atoms with Crippen molar-refractivity contribution in [2.24, 2.45) is 0 Å². The molecule has 1 aliphatic carbocycles. The van der Waals surface area contributed by atoms with Gasteiger partial charge in [0.25, 0.3) is 5.91 Å². The van der Waals surface area contributed by atoms with Gasteiger partial charge in [0, 0.05) is 9.77 Å². The largest absolute Gasteiger partial charge is 0.496 e. The number of thioether (sulfide) groups is 1. The van der Waals surface area contributed by atoms with E-state index in [1.54, 1.807) is 36.3 Å². The maximum atomic E-state index is 12.4. The van der Waals surface area contributed by atoms with Crippen molar-refractivity contribution in [2.75, 3.05) is 18.7 Å². The van der Waals surface area contributed by atoms with Crippen molar-refractivity contribution in [2.45, 2.75) is 24.2 Å². The van der Waals surface area contributed by atoms with Crippen molar-refractivity contribution in [1.29, 1.82) is 0 Å². The number of nitrogens with zero attached hydrogens (tertiary/aromatic N) is 1. The third kappa shape index (κ3) is 2.91. The Balaban J connectivity index is 1.81. The number of hydrogen-bond acceptors (Lipinski definition) is 5. The highest BCUT2D eigenvalue weighted by Gasteiger charge is 2.19. The molecule has 0 bridgehead atoms. The van der Waals surface area contributed by atoms with Crippen LogP contribution in [0, 0.1) is 0 Å². The summed E-state index contributed by atoms with van der Waals surface area (Å²) in [4.78, 5) is 19.2. The lowest BCUT2D eigenvalue weighted by Gasteiger charge is -2.09. The molecular formula is C15H16N2O2S2. The van der Waals surface area contributed by atoms with E-state index in [4.69, 9.17) is 4.74 Å². The smallest absolute Gasteiger partial charge is 0.261 e. The van der Waals surface area contributed by atoms with E-state index >= 15 is 0 Å². The van der Waals surface area contributed by atoms with Crippen LogP contribution in [-0.4, -0.2) is 24.3 Å². The second-order valence-corrected chi connectivity index (χ2v) is 6.73. The lowest BCUT2D eigenvalue weighted by atomic mass is 10.2. The number of hydrogen-bond donors (Lipinski definition) is 1. The van der Waals surface area contributed by atoms with Crippen molar-refractivity contribution in [3.8, 4) is 5.75 Å². The number of benzene rings is 1. The van der Waals surface area contributed by atoms with Crippen molar-refractivity contribution in [1.82, 2.24) is 4.98 Å². The average Bonchev–Trinajstić information content (AvgIpc) is 3.07. The van der Waals surface area contributed by atoms with E-state index in [2.05, 4.69) is 10.3 Å². The molecule has 0 atom stereocenters. The number of carbonyl (C=O) groups is 1. The zero-order valence-electron chi connectivity index (χ0n) is 11.9. The number of anilines is 1. The molecule has 1 heterocycles. The first-order valence-corrected chi connectivity index (χ1v) is 8.77. The summed E-state index contributed by atoms with van der Waals surface area (Å²) in [7, 11) is 1.58. The van der Waals surface area contributed by atoms with Crippen LogP contribution in [-0.2, 0) is 12.8 Å². The van der Waals surface area contributed by atoms with Crippen molar-refractivity contribution < 1.29 is 9.53 Å². The minimum Gasteiger partial charge on any atom is -0.496 e. The lowest BCUT2D eigenvalue weighted by Crippen LogP contribution is -2.13. The molecule has 1 aliphatic rings. The van der Waals surface area contributed by atoms with E-state index in [0.717, 1.165) is 23.4 Å². The molecule has 0 spiro atoms. The normalized spacial score (nSPS) is 13.0.